The van der Waals surface area contributed by atoms with Gasteiger partial charge in [0.25, 0.3) is 0 Å². The normalized spacial score (nSPS) is 11.0. The molecule has 0 saturated heterocycles. The summed E-state index contributed by atoms with van der Waals surface area (Å²) in [7, 11) is 0. The molecule has 0 unspecified atom stereocenters. The third-order valence-electron chi connectivity index (χ3n) is 4.46. The number of H-pyrrole nitrogens is 1. The minimum absolute atomic E-state index is 0.00488. The molecule has 0 atom stereocenters. The largest absolute Gasteiger partial charge is 0.358 e. The SMILES string of the molecule is CCN(Cc1cc(Br)ccc1F)C(=O)Cc1c(C)[nH]c2ccccc12. The van der Waals surface area contributed by atoms with Gasteiger partial charge in [0.15, 0.2) is 0 Å². The van der Waals surface area contributed by atoms with Crippen LogP contribution in [-0.4, -0.2) is 22.3 Å². The Morgan fingerprint density at radius 2 is 2.00 bits per heavy atom. The van der Waals surface area contributed by atoms with Gasteiger partial charge in [0.1, 0.15) is 5.82 Å². The molecule has 130 valence electrons. The van der Waals surface area contributed by atoms with Crippen LogP contribution in [-0.2, 0) is 17.8 Å². The lowest BCUT2D eigenvalue weighted by Crippen LogP contribution is -2.32. The molecule has 3 rings (SSSR count). The van der Waals surface area contributed by atoms with Crippen molar-refractivity contribution in [3.8, 4) is 0 Å². The first-order chi connectivity index (χ1) is 12.0. The van der Waals surface area contributed by atoms with Gasteiger partial charge in [-0.1, -0.05) is 34.1 Å². The molecule has 2 aromatic carbocycles. The average molecular weight is 403 g/mol. The predicted octanol–water partition coefficient (Wildman–Crippen LogP) is 4.97. The number of nitrogens with one attached hydrogen (secondary N) is 1. The smallest absolute Gasteiger partial charge is 0.227 e. The second-order valence-corrected chi connectivity index (χ2v) is 7.01. The number of para-hydroxylation sites is 1. The third kappa shape index (κ3) is 3.76. The van der Waals surface area contributed by atoms with Crippen molar-refractivity contribution >= 4 is 32.7 Å². The summed E-state index contributed by atoms with van der Waals surface area (Å²) < 4.78 is 14.8. The quantitative estimate of drug-likeness (QED) is 0.642. The van der Waals surface area contributed by atoms with E-state index in [1.165, 1.54) is 6.07 Å². The van der Waals surface area contributed by atoms with Crippen molar-refractivity contribution in [2.45, 2.75) is 26.8 Å². The summed E-state index contributed by atoms with van der Waals surface area (Å²) in [5, 5.41) is 1.07. The maximum atomic E-state index is 14.0. The summed E-state index contributed by atoms with van der Waals surface area (Å²) >= 11 is 3.36. The first-order valence-corrected chi connectivity index (χ1v) is 9.06. The van der Waals surface area contributed by atoms with Gasteiger partial charge in [0.2, 0.25) is 5.91 Å². The number of carbonyl (C=O) groups is 1. The molecular weight excluding hydrogens is 383 g/mol. The Balaban J connectivity index is 1.82. The number of benzene rings is 2. The Morgan fingerprint density at radius 1 is 1.24 bits per heavy atom. The van der Waals surface area contributed by atoms with Crippen LogP contribution in [0.4, 0.5) is 4.39 Å². The van der Waals surface area contributed by atoms with Crippen LogP contribution in [0.2, 0.25) is 0 Å². The molecule has 1 amide bonds. The first-order valence-electron chi connectivity index (χ1n) is 8.27. The zero-order valence-electron chi connectivity index (χ0n) is 14.3. The second kappa shape index (κ2) is 7.40. The molecule has 0 bridgehead atoms. The maximum absolute atomic E-state index is 14.0. The molecule has 0 spiro atoms. The van der Waals surface area contributed by atoms with E-state index in [0.29, 0.717) is 18.5 Å². The highest BCUT2D eigenvalue weighted by atomic mass is 79.9. The highest BCUT2D eigenvalue weighted by molar-refractivity contribution is 9.10. The molecule has 1 aromatic heterocycles. The number of rotatable bonds is 5. The number of carbonyl (C=O) groups excluding carboxylic acids is 1. The molecule has 1 N–H and O–H groups in total. The van der Waals surface area contributed by atoms with Gasteiger partial charge >= 0.3 is 0 Å². The fraction of sp³-hybridized carbons (Fsp3) is 0.250. The number of hydrogen-bond acceptors (Lipinski definition) is 1. The van der Waals surface area contributed by atoms with Crippen LogP contribution < -0.4 is 0 Å². The molecule has 3 aromatic rings. The van der Waals surface area contributed by atoms with Crippen molar-refractivity contribution in [2.24, 2.45) is 0 Å². The predicted molar refractivity (Wildman–Crippen MR) is 102 cm³/mol. The lowest BCUT2D eigenvalue weighted by Gasteiger charge is -2.21. The molecule has 0 saturated carbocycles. The van der Waals surface area contributed by atoms with Crippen molar-refractivity contribution in [3.05, 3.63) is 69.6 Å². The molecule has 5 heteroatoms. The summed E-state index contributed by atoms with van der Waals surface area (Å²) in [6, 6.07) is 12.8. The molecular formula is C20H20BrFN2O. The van der Waals surface area contributed by atoms with Gasteiger partial charge in [-0.15, -0.1) is 0 Å². The fourth-order valence-corrected chi connectivity index (χ4v) is 3.48. The van der Waals surface area contributed by atoms with Crippen LogP contribution in [0.1, 0.15) is 23.7 Å². The number of amides is 1. The van der Waals surface area contributed by atoms with E-state index in [9.17, 15) is 9.18 Å². The number of aromatic nitrogens is 1. The fourth-order valence-electron chi connectivity index (χ4n) is 3.07. The zero-order chi connectivity index (χ0) is 18.0. The van der Waals surface area contributed by atoms with E-state index in [1.54, 1.807) is 17.0 Å². The van der Waals surface area contributed by atoms with Gasteiger partial charge in [0.05, 0.1) is 6.42 Å². The molecule has 0 radical (unpaired) electrons. The van der Waals surface area contributed by atoms with Crippen LogP contribution in [0, 0.1) is 12.7 Å². The van der Waals surface area contributed by atoms with Gasteiger partial charge in [-0.25, -0.2) is 4.39 Å². The lowest BCUT2D eigenvalue weighted by molar-refractivity contribution is -0.130. The number of aryl methyl sites for hydroxylation is 1. The van der Waals surface area contributed by atoms with Crippen molar-refractivity contribution in [3.63, 3.8) is 0 Å². The second-order valence-electron chi connectivity index (χ2n) is 6.09. The summed E-state index contributed by atoms with van der Waals surface area (Å²) in [5.41, 5.74) is 3.55. The van der Waals surface area contributed by atoms with E-state index in [-0.39, 0.29) is 18.3 Å². The minimum atomic E-state index is -0.294. The third-order valence-corrected chi connectivity index (χ3v) is 4.95. The highest BCUT2D eigenvalue weighted by Crippen LogP contribution is 2.23. The highest BCUT2D eigenvalue weighted by Gasteiger charge is 2.18. The van der Waals surface area contributed by atoms with Crippen LogP contribution in [0.15, 0.2) is 46.9 Å². The van der Waals surface area contributed by atoms with E-state index < -0.39 is 0 Å². The Morgan fingerprint density at radius 3 is 2.76 bits per heavy atom. The van der Waals surface area contributed by atoms with Gasteiger partial charge < -0.3 is 9.88 Å². The zero-order valence-corrected chi connectivity index (χ0v) is 15.9. The topological polar surface area (TPSA) is 36.1 Å². The van der Waals surface area contributed by atoms with E-state index in [2.05, 4.69) is 20.9 Å². The Labute approximate surface area is 155 Å². The first kappa shape index (κ1) is 17.7. The minimum Gasteiger partial charge on any atom is -0.358 e. The molecule has 0 aliphatic carbocycles. The molecule has 0 aliphatic heterocycles. The van der Waals surface area contributed by atoms with Crippen molar-refractivity contribution in [1.82, 2.24) is 9.88 Å². The van der Waals surface area contributed by atoms with Gasteiger partial charge in [-0.3, -0.25) is 4.79 Å². The molecule has 25 heavy (non-hydrogen) atoms. The van der Waals surface area contributed by atoms with Crippen LogP contribution in [0.3, 0.4) is 0 Å². The summed E-state index contributed by atoms with van der Waals surface area (Å²) in [5.74, 6) is -0.299. The number of halogens is 2. The Bertz CT molecular complexity index is 919. The van der Waals surface area contributed by atoms with Crippen LogP contribution in [0.5, 0.6) is 0 Å². The van der Waals surface area contributed by atoms with E-state index >= 15 is 0 Å². The Hall–Kier alpha value is -2.14. The van der Waals surface area contributed by atoms with Crippen LogP contribution >= 0.6 is 15.9 Å². The number of likely N-dealkylation sites (N-methyl/N-ethyl adjacent to an activating group) is 1. The van der Waals surface area contributed by atoms with Crippen molar-refractivity contribution in [1.29, 1.82) is 0 Å². The number of aromatic amines is 1. The molecule has 0 aliphatic rings. The summed E-state index contributed by atoms with van der Waals surface area (Å²) in [6.07, 6.45) is 0.305. The van der Waals surface area contributed by atoms with E-state index in [1.807, 2.05) is 38.1 Å². The number of nitrogens with zero attached hydrogens (tertiary/aromatic N) is 1. The van der Waals surface area contributed by atoms with Crippen molar-refractivity contribution < 1.29 is 9.18 Å². The monoisotopic (exact) mass is 402 g/mol. The maximum Gasteiger partial charge on any atom is 0.227 e. The standard InChI is InChI=1S/C20H20BrFN2O/c1-3-24(12-14-10-15(21)8-9-18(14)22)20(25)11-17-13(2)23-19-7-5-4-6-16(17)19/h4-10,23H,3,11-12H2,1-2H3. The van der Waals surface area contributed by atoms with Gasteiger partial charge in [-0.2, -0.15) is 0 Å². The van der Waals surface area contributed by atoms with Gasteiger partial charge in [-0.05, 0) is 43.7 Å². The van der Waals surface area contributed by atoms with Crippen molar-refractivity contribution in [2.75, 3.05) is 6.54 Å². The molecule has 3 nitrogen and oxygen atoms in total. The lowest BCUT2D eigenvalue weighted by atomic mass is 10.1. The van der Waals surface area contributed by atoms with Crippen LogP contribution in [0.25, 0.3) is 10.9 Å². The molecule has 1 heterocycles. The summed E-state index contributed by atoms with van der Waals surface area (Å²) in [4.78, 5) is 17.8. The van der Waals surface area contributed by atoms with Gasteiger partial charge in [0, 0.05) is 39.7 Å². The van der Waals surface area contributed by atoms with E-state index in [4.69, 9.17) is 0 Å². The average Bonchev–Trinajstić information content (AvgIpc) is 2.91. The molecule has 0 fully saturated rings. The Kier molecular flexibility index (Phi) is 5.23. The van der Waals surface area contributed by atoms with E-state index in [0.717, 1.165) is 26.6 Å². The summed E-state index contributed by atoms with van der Waals surface area (Å²) in [6.45, 7) is 4.69. The number of fused-ring (bicyclic) bond motifs is 1. The number of hydrogen-bond donors (Lipinski definition) is 1.